The second-order valence-electron chi connectivity index (χ2n) is 15.4. The molecule has 6 aromatic carbocycles. The molecule has 2 aliphatic carbocycles. The zero-order chi connectivity index (χ0) is 38.2. The van der Waals surface area contributed by atoms with Crippen LogP contribution < -0.4 is 19.4 Å². The molecule has 0 saturated heterocycles. The van der Waals surface area contributed by atoms with E-state index in [-0.39, 0.29) is 5.41 Å². The van der Waals surface area contributed by atoms with Gasteiger partial charge in [0.15, 0.2) is 5.75 Å². The van der Waals surface area contributed by atoms with Crippen molar-refractivity contribution in [3.8, 4) is 11.5 Å². The van der Waals surface area contributed by atoms with E-state index >= 15 is 0 Å². The van der Waals surface area contributed by atoms with Crippen LogP contribution in [0.25, 0.3) is 12.2 Å². The number of rotatable bonds is 10. The lowest BCUT2D eigenvalue weighted by Crippen LogP contribution is -2.24. The normalized spacial score (nSPS) is 17.7. The maximum absolute atomic E-state index is 13.4. The summed E-state index contributed by atoms with van der Waals surface area (Å²) in [6, 6.07) is 46.5. The van der Waals surface area contributed by atoms with Crippen molar-refractivity contribution in [3.63, 3.8) is 0 Å². The quantitative estimate of drug-likeness (QED) is 0.0347. The molecule has 0 saturated carbocycles. The Hall–Kier alpha value is -6.37. The molecule has 2 aliphatic heterocycles. The van der Waals surface area contributed by atoms with Crippen LogP contribution in [0.3, 0.4) is 0 Å². The van der Waals surface area contributed by atoms with Crippen LogP contribution in [-0.4, -0.2) is 25.7 Å². The van der Waals surface area contributed by atoms with Crippen molar-refractivity contribution in [2.75, 3.05) is 29.5 Å². The highest BCUT2D eigenvalue weighted by molar-refractivity contribution is 5.89. The molecule has 57 heavy (non-hydrogen) atoms. The van der Waals surface area contributed by atoms with E-state index in [1.807, 2.05) is 36.4 Å². The highest BCUT2D eigenvalue weighted by atomic mass is 17.2. The largest absolute Gasteiger partial charge is 0.423 e. The number of hydrogen-bond acceptors (Lipinski definition) is 6. The van der Waals surface area contributed by atoms with E-state index in [1.54, 1.807) is 0 Å². The van der Waals surface area contributed by atoms with Crippen LogP contribution in [0.15, 0.2) is 146 Å². The van der Waals surface area contributed by atoms with E-state index in [2.05, 4.69) is 125 Å². The summed E-state index contributed by atoms with van der Waals surface area (Å²) in [6.45, 7) is 2.28. The minimum absolute atomic E-state index is 0.304. The van der Waals surface area contributed by atoms with E-state index < -0.39 is 5.97 Å². The molecule has 0 aromatic heterocycles. The summed E-state index contributed by atoms with van der Waals surface area (Å²) in [4.78, 5) is 30.0. The molecule has 6 heteroatoms. The van der Waals surface area contributed by atoms with Gasteiger partial charge in [-0.05, 0) is 127 Å². The molecule has 1 spiro atoms. The van der Waals surface area contributed by atoms with Gasteiger partial charge in [0.1, 0.15) is 12.4 Å². The van der Waals surface area contributed by atoms with Crippen LogP contribution in [0.1, 0.15) is 57.3 Å². The predicted molar refractivity (Wildman–Crippen MR) is 228 cm³/mol. The third-order valence-corrected chi connectivity index (χ3v) is 12.3. The third kappa shape index (κ3) is 6.60. The Balaban J connectivity index is 0.802. The van der Waals surface area contributed by atoms with Gasteiger partial charge in [-0.25, -0.2) is 4.79 Å². The Bertz CT molecular complexity index is 2520. The summed E-state index contributed by atoms with van der Waals surface area (Å²) in [5, 5.41) is 0. The minimum Gasteiger partial charge on any atom is -0.423 e. The highest BCUT2D eigenvalue weighted by Crippen LogP contribution is 2.57. The number of ether oxygens (including phenoxy) is 1. The van der Waals surface area contributed by atoms with Crippen LogP contribution >= 0.6 is 0 Å². The van der Waals surface area contributed by atoms with Gasteiger partial charge in [-0.2, -0.15) is 4.89 Å². The topological polar surface area (TPSA) is 51.2 Å². The number of anilines is 4. The number of fused-ring (bicyclic) bond motifs is 6. The number of carbonyl (C=O) groups is 1. The van der Waals surface area contributed by atoms with Gasteiger partial charge < -0.3 is 19.4 Å². The average Bonchev–Trinajstić information content (AvgIpc) is 4.06. The molecular formula is C51H44N2O4. The summed E-state index contributed by atoms with van der Waals surface area (Å²) in [7, 11) is 0. The molecule has 6 aromatic rings. The van der Waals surface area contributed by atoms with Crippen LogP contribution in [0.5, 0.6) is 11.5 Å². The van der Waals surface area contributed by atoms with Crippen LogP contribution in [0.2, 0.25) is 0 Å². The first-order valence-corrected chi connectivity index (χ1v) is 20.1. The molecule has 0 fully saturated rings. The minimum atomic E-state index is -0.392. The second-order valence-corrected chi connectivity index (χ2v) is 15.4. The second kappa shape index (κ2) is 14.9. The van der Waals surface area contributed by atoms with Gasteiger partial charge in [-0.3, -0.25) is 0 Å². The van der Waals surface area contributed by atoms with Crippen LogP contribution in [0.4, 0.5) is 22.7 Å². The fourth-order valence-corrected chi connectivity index (χ4v) is 9.63. The van der Waals surface area contributed by atoms with Crippen molar-refractivity contribution >= 4 is 40.9 Å². The molecule has 282 valence electrons. The van der Waals surface area contributed by atoms with E-state index in [4.69, 9.17) is 14.5 Å². The fourth-order valence-electron chi connectivity index (χ4n) is 9.63. The molecule has 0 amide bonds. The number of esters is 1. The molecule has 1 atom stereocenters. The lowest BCUT2D eigenvalue weighted by Gasteiger charge is -2.29. The van der Waals surface area contributed by atoms with Crippen molar-refractivity contribution in [2.45, 2.75) is 43.9 Å². The Morgan fingerprint density at radius 1 is 0.561 bits per heavy atom. The Morgan fingerprint density at radius 3 is 1.70 bits per heavy atom. The highest BCUT2D eigenvalue weighted by Gasteiger charge is 2.49. The molecule has 6 nitrogen and oxygen atoms in total. The van der Waals surface area contributed by atoms with Crippen molar-refractivity contribution in [1.82, 2.24) is 0 Å². The maximum Gasteiger partial charge on any atom is 0.336 e. The smallest absolute Gasteiger partial charge is 0.336 e. The summed E-state index contributed by atoms with van der Waals surface area (Å²) in [5.74, 6) is 0.953. The van der Waals surface area contributed by atoms with Crippen molar-refractivity contribution in [2.24, 2.45) is 0 Å². The maximum atomic E-state index is 13.4. The van der Waals surface area contributed by atoms with E-state index in [0.717, 1.165) is 85.3 Å². The number of hydrogen-bond donors (Lipinski definition) is 0. The number of nitrogens with zero attached hydrogens (tertiary/aromatic N) is 2. The number of para-hydroxylation sites is 2. The molecule has 1 unspecified atom stereocenters. The van der Waals surface area contributed by atoms with Gasteiger partial charge in [-0.1, -0.05) is 97.1 Å². The lowest BCUT2D eigenvalue weighted by molar-refractivity contribution is -0.196. The van der Waals surface area contributed by atoms with Gasteiger partial charge >= 0.3 is 5.97 Å². The molecule has 0 N–H and O–H groups in total. The Kier molecular flexibility index (Phi) is 9.19. The fraction of sp³-hybridized carbons (Fsp3) is 0.196. The molecule has 0 bridgehead atoms. The van der Waals surface area contributed by atoms with Crippen LogP contribution in [-0.2, 0) is 40.8 Å². The zero-order valence-corrected chi connectivity index (χ0v) is 31.9. The van der Waals surface area contributed by atoms with Crippen LogP contribution in [0, 0.1) is 0 Å². The SMILES string of the molecule is O=C(C=Cc1ccc(N2CCc3ccccc32)cc1)Oc1cccc2c1C1(CCc3cccc(OOC/C=C/c4ccc(N5CCc6ccccc65)cc4)c31)CC2. The van der Waals surface area contributed by atoms with E-state index in [0.29, 0.717) is 12.4 Å². The number of carbonyl (C=O) groups excluding carboxylic acids is 1. The van der Waals surface area contributed by atoms with Gasteiger partial charge in [0.2, 0.25) is 0 Å². The first-order chi connectivity index (χ1) is 28.1. The summed E-state index contributed by atoms with van der Waals surface area (Å²) < 4.78 is 6.15. The van der Waals surface area contributed by atoms with Gasteiger partial charge in [-0.15, -0.1) is 0 Å². The molecule has 2 heterocycles. The number of benzene rings is 6. The van der Waals surface area contributed by atoms with Gasteiger partial charge in [0, 0.05) is 58.5 Å². The summed E-state index contributed by atoms with van der Waals surface area (Å²) in [6.07, 6.45) is 13.2. The molecule has 4 aliphatic rings. The molecular weight excluding hydrogens is 705 g/mol. The zero-order valence-electron chi connectivity index (χ0n) is 31.9. The lowest BCUT2D eigenvalue weighted by atomic mass is 9.76. The van der Waals surface area contributed by atoms with E-state index in [9.17, 15) is 4.79 Å². The Morgan fingerprint density at radius 2 is 1.09 bits per heavy atom. The standard InChI is InChI=1S/C51H44N2O4/c54-48(26-21-37-19-24-43(25-20-37)53-34-30-39-10-2-4-14-45(39)53)56-46-15-5-11-40-27-31-51(49(40)46)32-28-41-12-6-16-47(50(41)51)57-55-35-7-8-36-17-22-42(23-18-36)52-33-29-38-9-1-3-13-44(38)52/h1-26H,27-35H2/b8-7+,26-21?. The summed E-state index contributed by atoms with van der Waals surface area (Å²) in [5.41, 5.74) is 14.1. The molecule has 10 rings (SSSR count). The Labute approximate surface area is 334 Å². The first-order valence-electron chi connectivity index (χ1n) is 20.1. The first kappa shape index (κ1) is 35.1. The number of aryl methyl sites for hydroxylation is 2. The third-order valence-electron chi connectivity index (χ3n) is 12.3. The van der Waals surface area contributed by atoms with Crippen molar-refractivity contribution < 1.29 is 19.3 Å². The molecule has 0 radical (unpaired) electrons. The summed E-state index contributed by atoms with van der Waals surface area (Å²) >= 11 is 0. The van der Waals surface area contributed by atoms with Crippen molar-refractivity contribution in [3.05, 3.63) is 190 Å². The predicted octanol–water partition coefficient (Wildman–Crippen LogP) is 10.9. The van der Waals surface area contributed by atoms with Gasteiger partial charge in [0.25, 0.3) is 0 Å². The van der Waals surface area contributed by atoms with Crippen molar-refractivity contribution in [1.29, 1.82) is 0 Å². The average molecular weight is 749 g/mol. The van der Waals surface area contributed by atoms with Gasteiger partial charge in [0.05, 0.1) is 0 Å². The monoisotopic (exact) mass is 748 g/mol. The van der Waals surface area contributed by atoms with E-state index in [1.165, 1.54) is 45.4 Å².